The SMILES string of the molecule is Cc1sc2ncnc(N3CCC(CN)C3)c2c1C. The summed E-state index contributed by atoms with van der Waals surface area (Å²) in [6, 6.07) is 0. The lowest BCUT2D eigenvalue weighted by Gasteiger charge is -2.18. The van der Waals surface area contributed by atoms with Gasteiger partial charge < -0.3 is 10.6 Å². The molecule has 0 radical (unpaired) electrons. The maximum atomic E-state index is 5.76. The van der Waals surface area contributed by atoms with E-state index in [9.17, 15) is 0 Å². The van der Waals surface area contributed by atoms with Gasteiger partial charge in [0, 0.05) is 18.0 Å². The third-order valence-corrected chi connectivity index (χ3v) is 4.98. The van der Waals surface area contributed by atoms with Gasteiger partial charge in [0.25, 0.3) is 0 Å². The first kappa shape index (κ1) is 11.9. The van der Waals surface area contributed by atoms with Crippen LogP contribution in [0.1, 0.15) is 16.9 Å². The van der Waals surface area contributed by atoms with Gasteiger partial charge in [0.2, 0.25) is 0 Å². The molecular weight excluding hydrogens is 244 g/mol. The number of aryl methyl sites for hydroxylation is 2. The van der Waals surface area contributed by atoms with Crippen molar-refractivity contribution in [3.63, 3.8) is 0 Å². The number of aromatic nitrogens is 2. The van der Waals surface area contributed by atoms with Crippen LogP contribution >= 0.6 is 11.3 Å². The number of fused-ring (bicyclic) bond motifs is 1. The molecule has 2 N–H and O–H groups in total. The zero-order valence-electron chi connectivity index (χ0n) is 10.8. The normalized spacial score (nSPS) is 19.9. The largest absolute Gasteiger partial charge is 0.356 e. The standard InChI is InChI=1S/C13H18N4S/c1-8-9(2)18-13-11(8)12(15-7-16-13)17-4-3-10(5-14)6-17/h7,10H,3-6,14H2,1-2H3. The maximum absolute atomic E-state index is 5.76. The number of hydrogen-bond donors (Lipinski definition) is 1. The van der Waals surface area contributed by atoms with Crippen LogP contribution in [0, 0.1) is 19.8 Å². The Morgan fingerprint density at radius 2 is 2.28 bits per heavy atom. The number of rotatable bonds is 2. The van der Waals surface area contributed by atoms with Gasteiger partial charge >= 0.3 is 0 Å². The van der Waals surface area contributed by atoms with Crippen molar-refractivity contribution in [2.75, 3.05) is 24.5 Å². The molecule has 4 nitrogen and oxygen atoms in total. The summed E-state index contributed by atoms with van der Waals surface area (Å²) in [5.74, 6) is 1.70. The topological polar surface area (TPSA) is 55.0 Å². The second-order valence-electron chi connectivity index (χ2n) is 5.00. The van der Waals surface area contributed by atoms with Crippen molar-refractivity contribution in [3.8, 4) is 0 Å². The van der Waals surface area contributed by atoms with Gasteiger partial charge in [-0.3, -0.25) is 0 Å². The summed E-state index contributed by atoms with van der Waals surface area (Å²) in [7, 11) is 0. The molecule has 0 saturated carbocycles. The molecule has 0 bridgehead atoms. The van der Waals surface area contributed by atoms with E-state index in [4.69, 9.17) is 5.73 Å². The molecule has 3 rings (SSSR count). The molecule has 0 aromatic carbocycles. The second kappa shape index (κ2) is 4.48. The van der Waals surface area contributed by atoms with Crippen molar-refractivity contribution in [2.24, 2.45) is 11.7 Å². The monoisotopic (exact) mass is 262 g/mol. The number of nitrogens with two attached hydrogens (primary N) is 1. The number of anilines is 1. The van der Waals surface area contributed by atoms with E-state index in [1.165, 1.54) is 22.2 Å². The summed E-state index contributed by atoms with van der Waals surface area (Å²) in [4.78, 5) is 13.7. The Bertz CT molecular complexity index is 578. The molecule has 5 heteroatoms. The van der Waals surface area contributed by atoms with Crippen molar-refractivity contribution >= 4 is 27.4 Å². The first-order chi connectivity index (χ1) is 8.70. The molecule has 0 spiro atoms. The third kappa shape index (κ3) is 1.78. The molecule has 0 amide bonds. The fourth-order valence-electron chi connectivity index (χ4n) is 2.62. The van der Waals surface area contributed by atoms with Gasteiger partial charge in [-0.25, -0.2) is 9.97 Å². The molecule has 1 atom stereocenters. The third-order valence-electron chi connectivity index (χ3n) is 3.86. The Morgan fingerprint density at radius 1 is 1.44 bits per heavy atom. The fourth-order valence-corrected chi connectivity index (χ4v) is 3.61. The highest BCUT2D eigenvalue weighted by atomic mass is 32.1. The molecule has 1 saturated heterocycles. The first-order valence-electron chi connectivity index (χ1n) is 6.36. The van der Waals surface area contributed by atoms with E-state index >= 15 is 0 Å². The highest BCUT2D eigenvalue weighted by Crippen LogP contribution is 2.35. The van der Waals surface area contributed by atoms with Gasteiger partial charge in [-0.15, -0.1) is 11.3 Å². The van der Waals surface area contributed by atoms with E-state index in [0.717, 1.165) is 30.3 Å². The molecule has 1 aliphatic heterocycles. The van der Waals surface area contributed by atoms with Gasteiger partial charge in [0.1, 0.15) is 17.0 Å². The van der Waals surface area contributed by atoms with E-state index in [1.807, 2.05) is 0 Å². The Morgan fingerprint density at radius 3 is 3.00 bits per heavy atom. The van der Waals surface area contributed by atoms with Crippen LogP contribution in [0.2, 0.25) is 0 Å². The minimum absolute atomic E-state index is 0.607. The molecule has 96 valence electrons. The highest BCUT2D eigenvalue weighted by molar-refractivity contribution is 7.18. The second-order valence-corrected chi connectivity index (χ2v) is 6.20. The molecule has 0 aliphatic carbocycles. The number of hydrogen-bond acceptors (Lipinski definition) is 5. The lowest BCUT2D eigenvalue weighted by molar-refractivity contribution is 0.602. The Hall–Kier alpha value is -1.20. The average molecular weight is 262 g/mol. The molecule has 3 heterocycles. The molecular formula is C13H18N4S. The van der Waals surface area contributed by atoms with E-state index in [1.54, 1.807) is 17.7 Å². The van der Waals surface area contributed by atoms with Crippen LogP contribution in [0.3, 0.4) is 0 Å². The van der Waals surface area contributed by atoms with Crippen molar-refractivity contribution < 1.29 is 0 Å². The van der Waals surface area contributed by atoms with Gasteiger partial charge in [-0.1, -0.05) is 0 Å². The smallest absolute Gasteiger partial charge is 0.141 e. The van der Waals surface area contributed by atoms with Crippen LogP contribution in [0.15, 0.2) is 6.33 Å². The quantitative estimate of drug-likeness (QED) is 0.900. The Labute approximate surface area is 111 Å². The predicted octanol–water partition coefficient (Wildman–Crippen LogP) is 2.09. The van der Waals surface area contributed by atoms with Gasteiger partial charge in [0.05, 0.1) is 5.39 Å². The Balaban J connectivity index is 2.07. The zero-order valence-corrected chi connectivity index (χ0v) is 11.6. The number of thiophene rings is 1. The molecule has 18 heavy (non-hydrogen) atoms. The summed E-state index contributed by atoms with van der Waals surface area (Å²) in [6.07, 6.45) is 2.85. The van der Waals surface area contributed by atoms with E-state index < -0.39 is 0 Å². The van der Waals surface area contributed by atoms with Crippen molar-refractivity contribution in [3.05, 3.63) is 16.8 Å². The minimum Gasteiger partial charge on any atom is -0.356 e. The van der Waals surface area contributed by atoms with Crippen LogP contribution < -0.4 is 10.6 Å². The minimum atomic E-state index is 0.607. The van der Waals surface area contributed by atoms with Crippen LogP contribution in [0.4, 0.5) is 5.82 Å². The van der Waals surface area contributed by atoms with Gasteiger partial charge in [-0.2, -0.15) is 0 Å². The summed E-state index contributed by atoms with van der Waals surface area (Å²) in [5, 5.41) is 1.23. The van der Waals surface area contributed by atoms with Crippen LogP contribution in [-0.4, -0.2) is 29.6 Å². The van der Waals surface area contributed by atoms with Crippen molar-refractivity contribution in [2.45, 2.75) is 20.3 Å². The lowest BCUT2D eigenvalue weighted by Crippen LogP contribution is -2.23. The van der Waals surface area contributed by atoms with Crippen molar-refractivity contribution in [1.29, 1.82) is 0 Å². The van der Waals surface area contributed by atoms with E-state index in [2.05, 4.69) is 28.7 Å². The van der Waals surface area contributed by atoms with E-state index in [-0.39, 0.29) is 0 Å². The lowest BCUT2D eigenvalue weighted by atomic mass is 10.1. The van der Waals surface area contributed by atoms with Crippen LogP contribution in [0.25, 0.3) is 10.2 Å². The average Bonchev–Trinajstić information content (AvgIpc) is 2.95. The highest BCUT2D eigenvalue weighted by Gasteiger charge is 2.25. The summed E-state index contributed by atoms with van der Waals surface area (Å²) in [5.41, 5.74) is 7.08. The first-order valence-corrected chi connectivity index (χ1v) is 7.18. The molecule has 2 aromatic heterocycles. The number of nitrogens with zero attached hydrogens (tertiary/aromatic N) is 3. The Kier molecular flexibility index (Phi) is 2.95. The summed E-state index contributed by atoms with van der Waals surface area (Å²) >= 11 is 1.76. The molecule has 2 aromatic rings. The maximum Gasteiger partial charge on any atom is 0.141 e. The van der Waals surface area contributed by atoms with Crippen LogP contribution in [-0.2, 0) is 0 Å². The molecule has 1 fully saturated rings. The zero-order chi connectivity index (χ0) is 12.7. The van der Waals surface area contributed by atoms with E-state index in [0.29, 0.717) is 5.92 Å². The van der Waals surface area contributed by atoms with Crippen molar-refractivity contribution in [1.82, 2.24) is 9.97 Å². The fraction of sp³-hybridized carbons (Fsp3) is 0.538. The van der Waals surface area contributed by atoms with Gasteiger partial charge in [-0.05, 0) is 38.3 Å². The van der Waals surface area contributed by atoms with Gasteiger partial charge in [0.15, 0.2) is 0 Å². The molecule has 1 aliphatic rings. The summed E-state index contributed by atoms with van der Waals surface area (Å²) < 4.78 is 0. The molecule has 1 unspecified atom stereocenters. The van der Waals surface area contributed by atoms with Crippen LogP contribution in [0.5, 0.6) is 0 Å². The summed E-state index contributed by atoms with van der Waals surface area (Å²) in [6.45, 7) is 7.17. The predicted molar refractivity (Wildman–Crippen MR) is 76.3 cm³/mol.